The number of rotatable bonds is 13. The summed E-state index contributed by atoms with van der Waals surface area (Å²) >= 11 is 0. The maximum absolute atomic E-state index is 13.6. The molecule has 0 amide bonds. The van der Waals surface area contributed by atoms with Crippen LogP contribution in [0.3, 0.4) is 0 Å². The number of likely N-dealkylation sites (tertiary alicyclic amines) is 3. The number of β-amino-alcohol motifs (C(OH)–C–C–N with tert-alkyl or cyclic N) is 3. The van der Waals surface area contributed by atoms with E-state index in [1.54, 1.807) is 6.92 Å². The van der Waals surface area contributed by atoms with E-state index in [1.807, 2.05) is 0 Å². The smallest absolute Gasteiger partial charge is 0.331 e. The van der Waals surface area contributed by atoms with Gasteiger partial charge in [0, 0.05) is 19.6 Å². The summed E-state index contributed by atoms with van der Waals surface area (Å²) in [4.78, 5) is 33.7. The van der Waals surface area contributed by atoms with E-state index in [9.17, 15) is 24.9 Å². The number of hydrogen-bond donors (Lipinski definition) is 3. The lowest BCUT2D eigenvalue weighted by molar-refractivity contribution is 0.0588. The first kappa shape index (κ1) is 31.2. The largest absolute Gasteiger partial charge is 0.484 e. The zero-order valence-electron chi connectivity index (χ0n) is 24.4. The number of hydrogen-bond acceptors (Lipinski definition) is 9. The van der Waals surface area contributed by atoms with E-state index in [0.29, 0.717) is 25.3 Å². The highest BCUT2D eigenvalue weighted by atomic mass is 16.5. The fourth-order valence-electron chi connectivity index (χ4n) is 6.41. The molecule has 1 aromatic rings. The van der Waals surface area contributed by atoms with Crippen LogP contribution >= 0.6 is 0 Å². The van der Waals surface area contributed by atoms with Crippen molar-refractivity contribution in [3.05, 3.63) is 26.5 Å². The van der Waals surface area contributed by atoms with E-state index in [1.165, 1.54) is 23.8 Å². The summed E-state index contributed by atoms with van der Waals surface area (Å²) < 4.78 is 8.36. The number of aliphatic hydroxyl groups excluding tert-OH is 3. The third kappa shape index (κ3) is 8.87. The van der Waals surface area contributed by atoms with E-state index in [0.717, 1.165) is 82.4 Å². The molecule has 0 aromatic carbocycles. The predicted molar refractivity (Wildman–Crippen MR) is 154 cm³/mol. The Balaban J connectivity index is 1.51. The van der Waals surface area contributed by atoms with Crippen molar-refractivity contribution in [3.63, 3.8) is 0 Å². The Morgan fingerprint density at radius 2 is 1.00 bits per heavy atom. The molecule has 11 heteroatoms. The Hall–Kier alpha value is -1.76. The van der Waals surface area contributed by atoms with Gasteiger partial charge in [0.1, 0.15) is 12.7 Å². The van der Waals surface area contributed by atoms with E-state index < -0.39 is 29.6 Å². The van der Waals surface area contributed by atoms with Crippen LogP contribution in [0.15, 0.2) is 9.59 Å². The van der Waals surface area contributed by atoms with Gasteiger partial charge in [0.25, 0.3) is 5.56 Å². The molecule has 4 heterocycles. The SMILES string of the molecule is Cc1c(OCC(O)CN2CCCCC2)c(=O)n(CC(O)CN2CCCCC2)c(=O)n1CC(O)CN1CCCCC1. The number of piperidine rings is 3. The molecule has 4 rings (SSSR count). The first-order valence-corrected chi connectivity index (χ1v) is 15.5. The van der Waals surface area contributed by atoms with Crippen LogP contribution in [0.1, 0.15) is 63.5 Å². The lowest BCUT2D eigenvalue weighted by Gasteiger charge is -2.30. The van der Waals surface area contributed by atoms with Crippen LogP contribution in [0.2, 0.25) is 0 Å². The summed E-state index contributed by atoms with van der Waals surface area (Å²) in [6.45, 7) is 8.30. The molecule has 0 radical (unpaired) electrons. The average Bonchev–Trinajstić information content (AvgIpc) is 2.95. The zero-order chi connectivity index (χ0) is 28.5. The fourth-order valence-corrected chi connectivity index (χ4v) is 6.41. The first-order valence-electron chi connectivity index (χ1n) is 15.5. The molecule has 0 aliphatic carbocycles. The van der Waals surface area contributed by atoms with Crippen LogP contribution in [0, 0.1) is 6.92 Å². The molecule has 11 nitrogen and oxygen atoms in total. The van der Waals surface area contributed by atoms with Gasteiger partial charge in [-0.2, -0.15) is 0 Å². The maximum Gasteiger partial charge on any atom is 0.331 e. The minimum atomic E-state index is -0.893. The molecular weight excluding hydrogens is 514 g/mol. The lowest BCUT2D eigenvalue weighted by Crippen LogP contribution is -2.48. The Kier molecular flexibility index (Phi) is 12.1. The van der Waals surface area contributed by atoms with E-state index in [4.69, 9.17) is 4.74 Å². The van der Waals surface area contributed by atoms with Gasteiger partial charge < -0.3 is 34.8 Å². The summed E-state index contributed by atoms with van der Waals surface area (Å²) in [5.74, 6) is -0.00682. The molecule has 40 heavy (non-hydrogen) atoms. The molecule has 3 fully saturated rings. The highest BCUT2D eigenvalue weighted by Gasteiger charge is 2.25. The first-order chi connectivity index (χ1) is 19.3. The Labute approximate surface area is 237 Å². The molecule has 3 atom stereocenters. The topological polar surface area (TPSA) is 124 Å². The highest BCUT2D eigenvalue weighted by Crippen LogP contribution is 2.15. The van der Waals surface area contributed by atoms with Gasteiger partial charge in [0.15, 0.2) is 0 Å². The van der Waals surface area contributed by atoms with Crippen molar-refractivity contribution in [1.29, 1.82) is 0 Å². The minimum absolute atomic E-state index is 0.00682. The van der Waals surface area contributed by atoms with E-state index in [-0.39, 0.29) is 25.4 Å². The normalized spacial score (nSPS) is 22.2. The Bertz CT molecular complexity index is 1030. The minimum Gasteiger partial charge on any atom is -0.484 e. The monoisotopic (exact) mass is 565 g/mol. The van der Waals surface area contributed by atoms with E-state index in [2.05, 4.69) is 14.7 Å². The molecule has 0 spiro atoms. The molecule has 3 aliphatic rings. The second kappa shape index (κ2) is 15.5. The Morgan fingerprint density at radius 1 is 0.600 bits per heavy atom. The van der Waals surface area contributed by atoms with Gasteiger partial charge in [-0.3, -0.25) is 13.9 Å². The van der Waals surface area contributed by atoms with Gasteiger partial charge in [-0.05, 0) is 84.7 Å². The molecule has 0 bridgehead atoms. The van der Waals surface area contributed by atoms with Crippen LogP contribution in [0.25, 0.3) is 0 Å². The fraction of sp³-hybridized carbons (Fsp3) is 0.862. The summed E-state index contributed by atoms with van der Waals surface area (Å²) in [7, 11) is 0. The molecule has 3 unspecified atom stereocenters. The van der Waals surface area contributed by atoms with Gasteiger partial charge in [0.2, 0.25) is 5.75 Å². The third-order valence-corrected chi connectivity index (χ3v) is 8.59. The Morgan fingerprint density at radius 3 is 1.45 bits per heavy atom. The van der Waals surface area contributed by atoms with Crippen molar-refractivity contribution < 1.29 is 20.1 Å². The van der Waals surface area contributed by atoms with Gasteiger partial charge in [0.05, 0.1) is 31.0 Å². The van der Waals surface area contributed by atoms with Crippen LogP contribution < -0.4 is 16.0 Å². The van der Waals surface area contributed by atoms with Crippen molar-refractivity contribution in [1.82, 2.24) is 23.8 Å². The van der Waals surface area contributed by atoms with Gasteiger partial charge >= 0.3 is 5.69 Å². The lowest BCUT2D eigenvalue weighted by atomic mass is 10.1. The molecule has 228 valence electrons. The van der Waals surface area contributed by atoms with Crippen molar-refractivity contribution >= 4 is 0 Å². The predicted octanol–water partition coefficient (Wildman–Crippen LogP) is 0.238. The average molecular weight is 566 g/mol. The van der Waals surface area contributed by atoms with Gasteiger partial charge in [-0.15, -0.1) is 0 Å². The maximum atomic E-state index is 13.6. The van der Waals surface area contributed by atoms with Crippen molar-refractivity contribution in [2.24, 2.45) is 0 Å². The molecule has 3 aliphatic heterocycles. The molecule has 0 saturated carbocycles. The summed E-state index contributed by atoms with van der Waals surface area (Å²) in [6, 6.07) is 0. The highest BCUT2D eigenvalue weighted by molar-refractivity contribution is 5.24. The quantitative estimate of drug-likeness (QED) is 0.309. The van der Waals surface area contributed by atoms with Crippen molar-refractivity contribution in [2.75, 3.05) is 65.5 Å². The number of aliphatic hydroxyl groups is 3. The summed E-state index contributed by atoms with van der Waals surface area (Å²) in [5.41, 5.74) is -0.828. The number of nitrogens with zero attached hydrogens (tertiary/aromatic N) is 5. The molecule has 3 saturated heterocycles. The van der Waals surface area contributed by atoms with Crippen LogP contribution in [-0.4, -0.2) is 123 Å². The van der Waals surface area contributed by atoms with Gasteiger partial charge in [-0.25, -0.2) is 4.79 Å². The van der Waals surface area contributed by atoms with Crippen LogP contribution in [0.5, 0.6) is 5.75 Å². The molecule has 1 aromatic heterocycles. The summed E-state index contributed by atoms with van der Waals surface area (Å²) in [6.07, 6.45) is 7.70. The second-order valence-electron chi connectivity index (χ2n) is 12.1. The third-order valence-electron chi connectivity index (χ3n) is 8.59. The van der Waals surface area contributed by atoms with E-state index >= 15 is 0 Å². The number of ether oxygens (including phenoxy) is 1. The van der Waals surface area contributed by atoms with Crippen LogP contribution in [0.4, 0.5) is 0 Å². The number of aromatic nitrogens is 2. The standard InChI is InChI=1S/C29H51N5O6/c1-23-27(40-22-26(37)19-32-15-9-4-10-16-32)28(38)34(21-25(36)18-31-13-7-3-8-14-31)29(39)33(23)20-24(35)17-30-11-5-2-6-12-30/h24-26,35-37H,2-22H2,1H3. The zero-order valence-corrected chi connectivity index (χ0v) is 24.4. The second-order valence-corrected chi connectivity index (χ2v) is 12.1. The summed E-state index contributed by atoms with van der Waals surface area (Å²) in [5, 5.41) is 32.4. The van der Waals surface area contributed by atoms with Crippen molar-refractivity contribution in [3.8, 4) is 5.75 Å². The molecular formula is C29H51N5O6. The van der Waals surface area contributed by atoms with Crippen molar-refractivity contribution in [2.45, 2.75) is 96.1 Å². The van der Waals surface area contributed by atoms with Gasteiger partial charge in [-0.1, -0.05) is 19.3 Å². The van der Waals surface area contributed by atoms with Crippen LogP contribution in [-0.2, 0) is 13.1 Å². The molecule has 3 N–H and O–H groups in total.